The second-order valence-corrected chi connectivity index (χ2v) is 4.90. The van der Waals surface area contributed by atoms with Crippen LogP contribution in [0.2, 0.25) is 0 Å². The van der Waals surface area contributed by atoms with Gasteiger partial charge in [-0.3, -0.25) is 0 Å². The van der Waals surface area contributed by atoms with E-state index in [-0.39, 0.29) is 18.6 Å². The minimum absolute atomic E-state index is 0.0837. The van der Waals surface area contributed by atoms with Gasteiger partial charge in [0, 0.05) is 32.7 Å². The fraction of sp³-hybridized carbons (Fsp3) is 0.917. The summed E-state index contributed by atoms with van der Waals surface area (Å²) in [6, 6.07) is 2.16. The highest BCUT2D eigenvalue weighted by molar-refractivity contribution is 4.80. The Kier molecular flexibility index (Phi) is 8.18. The minimum Gasteiger partial charge on any atom is -0.396 e. The lowest BCUT2D eigenvalue weighted by Gasteiger charge is -2.31. The van der Waals surface area contributed by atoms with Crippen LogP contribution in [0, 0.1) is 16.7 Å². The first-order valence-corrected chi connectivity index (χ1v) is 5.87. The summed E-state index contributed by atoms with van der Waals surface area (Å²) in [6.07, 6.45) is 2.17. The number of hydrogen-bond acceptors (Lipinski definition) is 4. The van der Waals surface area contributed by atoms with Crippen LogP contribution in [0.4, 0.5) is 0 Å². The van der Waals surface area contributed by atoms with E-state index in [9.17, 15) is 0 Å². The van der Waals surface area contributed by atoms with Crippen LogP contribution in [0.1, 0.15) is 33.1 Å². The molecule has 0 aliphatic rings. The van der Waals surface area contributed by atoms with Crippen LogP contribution in [0.3, 0.4) is 0 Å². The first-order valence-electron chi connectivity index (χ1n) is 5.87. The largest absolute Gasteiger partial charge is 0.396 e. The van der Waals surface area contributed by atoms with Crippen molar-refractivity contribution in [3.05, 3.63) is 0 Å². The quantitative estimate of drug-likeness (QED) is 0.617. The molecule has 0 rings (SSSR count). The molecule has 4 nitrogen and oxygen atoms in total. The van der Waals surface area contributed by atoms with E-state index in [1.165, 1.54) is 0 Å². The molecule has 94 valence electrons. The van der Waals surface area contributed by atoms with Crippen molar-refractivity contribution in [2.45, 2.75) is 33.1 Å². The van der Waals surface area contributed by atoms with E-state index >= 15 is 0 Å². The summed E-state index contributed by atoms with van der Waals surface area (Å²) in [6.45, 7) is 6.87. The molecular formula is C12H24N2O2. The number of aliphatic hydroxyl groups excluding tert-OH is 2. The molecule has 0 spiro atoms. The average Bonchev–Trinajstić information content (AvgIpc) is 2.23. The SMILES string of the molecule is CC(C)(CCC#N)CN(CCO)CCCO. The van der Waals surface area contributed by atoms with Crippen molar-refractivity contribution in [2.75, 3.05) is 32.8 Å². The average molecular weight is 228 g/mol. The Balaban J connectivity index is 4.08. The summed E-state index contributed by atoms with van der Waals surface area (Å²) in [7, 11) is 0. The predicted molar refractivity (Wildman–Crippen MR) is 63.9 cm³/mol. The molecule has 0 radical (unpaired) electrons. The van der Waals surface area contributed by atoms with Crippen LogP contribution in [0.25, 0.3) is 0 Å². The van der Waals surface area contributed by atoms with Crippen LogP contribution in [-0.4, -0.2) is 48.0 Å². The maximum atomic E-state index is 8.95. The zero-order valence-corrected chi connectivity index (χ0v) is 10.4. The summed E-state index contributed by atoms with van der Waals surface area (Å²) >= 11 is 0. The fourth-order valence-corrected chi connectivity index (χ4v) is 1.78. The molecule has 0 aliphatic heterocycles. The topological polar surface area (TPSA) is 67.5 Å². The van der Waals surface area contributed by atoms with Gasteiger partial charge < -0.3 is 15.1 Å². The lowest BCUT2D eigenvalue weighted by molar-refractivity contribution is 0.129. The third-order valence-corrected chi connectivity index (χ3v) is 2.61. The highest BCUT2D eigenvalue weighted by Gasteiger charge is 2.20. The molecule has 0 amide bonds. The molecule has 2 N–H and O–H groups in total. The molecule has 0 aromatic rings. The Hall–Kier alpha value is -0.630. The first-order chi connectivity index (χ1) is 7.55. The Bertz CT molecular complexity index is 212. The zero-order chi connectivity index (χ0) is 12.4. The molecule has 0 aromatic heterocycles. The van der Waals surface area contributed by atoms with E-state index in [0.717, 1.165) is 25.9 Å². The van der Waals surface area contributed by atoms with Crippen LogP contribution in [-0.2, 0) is 0 Å². The van der Waals surface area contributed by atoms with E-state index in [2.05, 4.69) is 24.8 Å². The predicted octanol–water partition coefficient (Wildman–Crippen LogP) is 0.993. The maximum Gasteiger partial charge on any atom is 0.0621 e. The van der Waals surface area contributed by atoms with Crippen LogP contribution < -0.4 is 0 Å². The van der Waals surface area contributed by atoms with Gasteiger partial charge in [-0.2, -0.15) is 5.26 Å². The molecular weight excluding hydrogens is 204 g/mol. The van der Waals surface area contributed by atoms with Crippen molar-refractivity contribution in [3.8, 4) is 6.07 Å². The molecule has 16 heavy (non-hydrogen) atoms. The minimum atomic E-state index is 0.0837. The first kappa shape index (κ1) is 15.4. The summed E-state index contributed by atoms with van der Waals surface area (Å²) in [4.78, 5) is 2.15. The van der Waals surface area contributed by atoms with Gasteiger partial charge in [0.1, 0.15) is 0 Å². The van der Waals surface area contributed by atoms with Gasteiger partial charge in [-0.15, -0.1) is 0 Å². The van der Waals surface area contributed by atoms with Crippen LogP contribution in [0.15, 0.2) is 0 Å². The summed E-state index contributed by atoms with van der Waals surface area (Å²) in [5, 5.41) is 26.3. The monoisotopic (exact) mass is 228 g/mol. The van der Waals surface area contributed by atoms with Crippen molar-refractivity contribution < 1.29 is 10.2 Å². The van der Waals surface area contributed by atoms with Gasteiger partial charge in [0.2, 0.25) is 0 Å². The third kappa shape index (κ3) is 7.63. The highest BCUT2D eigenvalue weighted by Crippen LogP contribution is 2.23. The van der Waals surface area contributed by atoms with E-state index in [4.69, 9.17) is 15.5 Å². The number of nitriles is 1. The van der Waals surface area contributed by atoms with Gasteiger partial charge >= 0.3 is 0 Å². The van der Waals surface area contributed by atoms with Crippen molar-refractivity contribution in [1.29, 1.82) is 5.26 Å². The molecule has 0 unspecified atom stereocenters. The Morgan fingerprint density at radius 3 is 2.38 bits per heavy atom. The Labute approximate surface area is 98.5 Å². The third-order valence-electron chi connectivity index (χ3n) is 2.61. The molecule has 0 saturated heterocycles. The van der Waals surface area contributed by atoms with Gasteiger partial charge in [-0.05, 0) is 18.3 Å². The molecule has 4 heteroatoms. The smallest absolute Gasteiger partial charge is 0.0621 e. The molecule has 0 aromatic carbocycles. The second kappa shape index (κ2) is 8.51. The van der Waals surface area contributed by atoms with Gasteiger partial charge in [0.25, 0.3) is 0 Å². The fourth-order valence-electron chi connectivity index (χ4n) is 1.78. The lowest BCUT2D eigenvalue weighted by Crippen LogP contribution is -2.37. The lowest BCUT2D eigenvalue weighted by atomic mass is 9.87. The number of rotatable bonds is 9. The van der Waals surface area contributed by atoms with E-state index in [1.54, 1.807) is 0 Å². The zero-order valence-electron chi connectivity index (χ0n) is 10.4. The summed E-state index contributed by atoms with van der Waals surface area (Å²) in [5.74, 6) is 0. The molecule has 0 atom stereocenters. The van der Waals surface area contributed by atoms with Crippen molar-refractivity contribution in [2.24, 2.45) is 5.41 Å². The molecule has 0 fully saturated rings. The van der Waals surface area contributed by atoms with E-state index < -0.39 is 0 Å². The second-order valence-electron chi connectivity index (χ2n) is 4.90. The Morgan fingerprint density at radius 2 is 1.88 bits per heavy atom. The molecule has 0 bridgehead atoms. The maximum absolute atomic E-state index is 8.95. The van der Waals surface area contributed by atoms with Gasteiger partial charge in [-0.25, -0.2) is 0 Å². The van der Waals surface area contributed by atoms with Crippen molar-refractivity contribution in [3.63, 3.8) is 0 Å². The Morgan fingerprint density at radius 1 is 1.19 bits per heavy atom. The molecule has 0 saturated carbocycles. The number of nitrogens with zero attached hydrogens (tertiary/aromatic N) is 2. The highest BCUT2D eigenvalue weighted by atomic mass is 16.3. The van der Waals surface area contributed by atoms with Gasteiger partial charge in [0.05, 0.1) is 12.7 Å². The summed E-state index contributed by atoms with van der Waals surface area (Å²) < 4.78 is 0. The summed E-state index contributed by atoms with van der Waals surface area (Å²) in [5.41, 5.74) is 0.0837. The van der Waals surface area contributed by atoms with Gasteiger partial charge in [0.15, 0.2) is 0 Å². The normalized spacial score (nSPS) is 11.8. The van der Waals surface area contributed by atoms with Gasteiger partial charge in [-0.1, -0.05) is 13.8 Å². The number of aliphatic hydroxyl groups is 2. The van der Waals surface area contributed by atoms with E-state index in [1.807, 2.05) is 0 Å². The van der Waals surface area contributed by atoms with E-state index in [0.29, 0.717) is 13.0 Å². The van der Waals surface area contributed by atoms with Crippen molar-refractivity contribution in [1.82, 2.24) is 4.90 Å². The molecule has 0 aliphatic carbocycles. The van der Waals surface area contributed by atoms with Crippen LogP contribution in [0.5, 0.6) is 0 Å². The molecule has 0 heterocycles. The standard InChI is InChI=1S/C12H24N2O2/c1-12(2,5-3-6-13)11-14(8-10-16)7-4-9-15/h15-16H,3-5,7-11H2,1-2H3. The van der Waals surface area contributed by atoms with Crippen molar-refractivity contribution >= 4 is 0 Å². The van der Waals surface area contributed by atoms with Crippen LogP contribution >= 0.6 is 0 Å². The number of hydrogen-bond donors (Lipinski definition) is 2.